The molecule has 2 aromatic carbocycles. The molecule has 0 aliphatic carbocycles. The maximum absolute atomic E-state index is 12.1. The molecule has 0 atom stereocenters. The average Bonchev–Trinajstić information content (AvgIpc) is 2.97. The summed E-state index contributed by atoms with van der Waals surface area (Å²) in [4.78, 5) is 11.5. The molecule has 0 aliphatic heterocycles. The number of ether oxygens (including phenoxy) is 1. The first-order valence-corrected chi connectivity index (χ1v) is 7.67. The molecule has 0 aliphatic rings. The van der Waals surface area contributed by atoms with Crippen LogP contribution in [0.4, 0.5) is 13.2 Å². The van der Waals surface area contributed by atoms with Gasteiger partial charge in [0.2, 0.25) is 0 Å². The van der Waals surface area contributed by atoms with Crippen molar-refractivity contribution < 1.29 is 22.7 Å². The molecule has 0 saturated carbocycles. The van der Waals surface area contributed by atoms with Crippen LogP contribution >= 0.6 is 0 Å². The Labute approximate surface area is 141 Å². The third-order valence-electron chi connectivity index (χ3n) is 3.63. The lowest BCUT2D eigenvalue weighted by molar-refractivity contribution is -0.186. The Bertz CT molecular complexity index is 873. The van der Waals surface area contributed by atoms with Gasteiger partial charge in [-0.25, -0.2) is 0 Å². The van der Waals surface area contributed by atoms with Crippen molar-refractivity contribution in [1.82, 2.24) is 9.78 Å². The molecule has 3 rings (SSSR count). The van der Waals surface area contributed by atoms with E-state index in [0.717, 1.165) is 22.2 Å². The molecule has 1 heterocycles. The van der Waals surface area contributed by atoms with Crippen LogP contribution < -0.4 is 0 Å². The van der Waals surface area contributed by atoms with Gasteiger partial charge in [-0.1, -0.05) is 48.5 Å². The summed E-state index contributed by atoms with van der Waals surface area (Å²) in [5, 5.41) is 5.44. The second-order valence-corrected chi connectivity index (χ2v) is 5.48. The number of hydrogen-bond donors (Lipinski definition) is 0. The van der Waals surface area contributed by atoms with Gasteiger partial charge in [0.15, 0.2) is 6.61 Å². The van der Waals surface area contributed by atoms with E-state index in [-0.39, 0.29) is 13.0 Å². The van der Waals surface area contributed by atoms with Gasteiger partial charge in [-0.15, -0.1) is 0 Å². The molecule has 7 heteroatoms. The van der Waals surface area contributed by atoms with Crippen molar-refractivity contribution in [3.05, 3.63) is 54.6 Å². The second kappa shape index (κ2) is 6.96. The fourth-order valence-corrected chi connectivity index (χ4v) is 2.54. The van der Waals surface area contributed by atoms with Gasteiger partial charge in [-0.3, -0.25) is 9.48 Å². The third-order valence-corrected chi connectivity index (χ3v) is 3.63. The normalized spacial score (nSPS) is 11.6. The standard InChI is InChI=1S/C18H15F3N2O2/c19-18(20,21)12-25-16(24)10-11-23-15-9-5-4-8-14(15)17(22-23)13-6-2-1-3-7-13/h1-9H,10-12H2. The van der Waals surface area contributed by atoms with Crippen molar-refractivity contribution in [2.24, 2.45) is 0 Å². The fourth-order valence-electron chi connectivity index (χ4n) is 2.54. The first-order valence-electron chi connectivity index (χ1n) is 7.67. The number of rotatable bonds is 5. The molecule has 3 aromatic rings. The largest absolute Gasteiger partial charge is 0.456 e. The van der Waals surface area contributed by atoms with Gasteiger partial charge < -0.3 is 4.74 Å². The highest BCUT2D eigenvalue weighted by atomic mass is 19.4. The van der Waals surface area contributed by atoms with Crippen molar-refractivity contribution in [1.29, 1.82) is 0 Å². The van der Waals surface area contributed by atoms with E-state index in [2.05, 4.69) is 9.84 Å². The molecule has 0 amide bonds. The summed E-state index contributed by atoms with van der Waals surface area (Å²) < 4.78 is 42.1. The summed E-state index contributed by atoms with van der Waals surface area (Å²) in [5.74, 6) is -0.904. The second-order valence-electron chi connectivity index (χ2n) is 5.48. The van der Waals surface area contributed by atoms with Crippen LogP contribution in [0, 0.1) is 0 Å². The molecule has 25 heavy (non-hydrogen) atoms. The summed E-state index contributed by atoms with van der Waals surface area (Å²) in [7, 11) is 0. The number of benzene rings is 2. The Morgan fingerprint density at radius 2 is 1.72 bits per heavy atom. The van der Waals surface area contributed by atoms with Crippen LogP contribution in [-0.4, -0.2) is 28.5 Å². The summed E-state index contributed by atoms with van der Waals surface area (Å²) in [6, 6.07) is 17.1. The Hall–Kier alpha value is -2.83. The van der Waals surface area contributed by atoms with Gasteiger partial charge in [0.1, 0.15) is 5.69 Å². The molecule has 0 unspecified atom stereocenters. The lowest BCUT2D eigenvalue weighted by Gasteiger charge is -2.08. The highest BCUT2D eigenvalue weighted by molar-refractivity contribution is 5.93. The van der Waals surface area contributed by atoms with Crippen LogP contribution in [0.25, 0.3) is 22.2 Å². The van der Waals surface area contributed by atoms with Gasteiger partial charge in [-0.05, 0) is 6.07 Å². The Kier molecular flexibility index (Phi) is 4.74. The van der Waals surface area contributed by atoms with Crippen LogP contribution in [0.2, 0.25) is 0 Å². The minimum atomic E-state index is -4.52. The maximum atomic E-state index is 12.1. The van der Waals surface area contributed by atoms with E-state index in [1.54, 1.807) is 4.68 Å². The zero-order chi connectivity index (χ0) is 17.9. The first kappa shape index (κ1) is 17.0. The predicted molar refractivity (Wildman–Crippen MR) is 86.8 cm³/mol. The molecule has 1 aromatic heterocycles. The van der Waals surface area contributed by atoms with Crippen molar-refractivity contribution in [2.75, 3.05) is 6.61 Å². The number of alkyl halides is 3. The van der Waals surface area contributed by atoms with Crippen molar-refractivity contribution in [2.45, 2.75) is 19.1 Å². The van der Waals surface area contributed by atoms with Gasteiger partial charge in [-0.2, -0.15) is 18.3 Å². The van der Waals surface area contributed by atoms with E-state index < -0.39 is 18.8 Å². The number of aryl methyl sites for hydroxylation is 1. The van der Waals surface area contributed by atoms with E-state index in [9.17, 15) is 18.0 Å². The summed E-state index contributed by atoms with van der Waals surface area (Å²) in [5.41, 5.74) is 2.50. The first-order chi connectivity index (χ1) is 11.9. The SMILES string of the molecule is O=C(CCn1nc(-c2ccccc2)c2ccccc21)OCC(F)(F)F. The zero-order valence-corrected chi connectivity index (χ0v) is 13.2. The smallest absolute Gasteiger partial charge is 0.422 e. The van der Waals surface area contributed by atoms with Gasteiger partial charge in [0.25, 0.3) is 0 Å². The highest BCUT2D eigenvalue weighted by Crippen LogP contribution is 2.27. The van der Waals surface area contributed by atoms with E-state index in [1.807, 2.05) is 54.6 Å². The highest BCUT2D eigenvalue weighted by Gasteiger charge is 2.29. The molecular weight excluding hydrogens is 333 g/mol. The van der Waals surface area contributed by atoms with Crippen molar-refractivity contribution >= 4 is 16.9 Å². The van der Waals surface area contributed by atoms with Crippen molar-refractivity contribution in [3.63, 3.8) is 0 Å². The van der Waals surface area contributed by atoms with E-state index >= 15 is 0 Å². The van der Waals surface area contributed by atoms with Gasteiger partial charge >= 0.3 is 12.1 Å². The maximum Gasteiger partial charge on any atom is 0.422 e. The molecular formula is C18H15F3N2O2. The number of fused-ring (bicyclic) bond motifs is 1. The van der Waals surface area contributed by atoms with E-state index in [1.165, 1.54) is 0 Å². The number of nitrogens with zero attached hydrogens (tertiary/aromatic N) is 2. The number of aromatic nitrogens is 2. The molecule has 130 valence electrons. The summed E-state index contributed by atoms with van der Waals surface area (Å²) in [6.45, 7) is -1.43. The number of esters is 1. The van der Waals surface area contributed by atoms with E-state index in [4.69, 9.17) is 0 Å². The molecule has 0 fully saturated rings. The third kappa shape index (κ3) is 4.17. The van der Waals surface area contributed by atoms with Crippen molar-refractivity contribution in [3.8, 4) is 11.3 Å². The topological polar surface area (TPSA) is 44.1 Å². The number of carbonyl (C=O) groups excluding carboxylic acids is 1. The average molecular weight is 348 g/mol. The minimum absolute atomic E-state index is 0.143. The Morgan fingerprint density at radius 3 is 2.44 bits per heavy atom. The fraction of sp³-hybridized carbons (Fsp3) is 0.222. The number of halogens is 3. The van der Waals surface area contributed by atoms with Crippen LogP contribution in [0.1, 0.15) is 6.42 Å². The minimum Gasteiger partial charge on any atom is -0.456 e. The zero-order valence-electron chi connectivity index (χ0n) is 13.2. The lowest BCUT2D eigenvalue weighted by Crippen LogP contribution is -2.21. The van der Waals surface area contributed by atoms with Crippen LogP contribution in [0.5, 0.6) is 0 Å². The number of para-hydroxylation sites is 1. The molecule has 4 nitrogen and oxygen atoms in total. The quantitative estimate of drug-likeness (QED) is 0.649. The molecule has 0 spiro atoms. The van der Waals surface area contributed by atoms with Crippen LogP contribution in [0.3, 0.4) is 0 Å². The predicted octanol–water partition coefficient (Wildman–Crippen LogP) is 4.20. The number of hydrogen-bond acceptors (Lipinski definition) is 3. The van der Waals surface area contributed by atoms with Crippen LogP contribution in [0.15, 0.2) is 54.6 Å². The van der Waals surface area contributed by atoms with Crippen LogP contribution in [-0.2, 0) is 16.1 Å². The molecule has 0 N–H and O–H groups in total. The molecule has 0 bridgehead atoms. The lowest BCUT2D eigenvalue weighted by atomic mass is 10.1. The summed E-state index contributed by atoms with van der Waals surface area (Å²) >= 11 is 0. The number of carbonyl (C=O) groups is 1. The Morgan fingerprint density at radius 1 is 1.04 bits per heavy atom. The van der Waals surface area contributed by atoms with Gasteiger partial charge in [0.05, 0.1) is 18.5 Å². The monoisotopic (exact) mass is 348 g/mol. The molecule has 0 saturated heterocycles. The Balaban J connectivity index is 1.80. The van der Waals surface area contributed by atoms with Gasteiger partial charge in [0, 0.05) is 10.9 Å². The summed E-state index contributed by atoms with van der Waals surface area (Å²) in [6.07, 6.45) is -4.70. The molecule has 0 radical (unpaired) electrons. The van der Waals surface area contributed by atoms with E-state index in [0.29, 0.717) is 0 Å².